The van der Waals surface area contributed by atoms with Crippen LogP contribution in [0.25, 0.3) is 10.9 Å². The molecule has 5 nitrogen and oxygen atoms in total. The van der Waals surface area contributed by atoms with Crippen LogP contribution in [0.4, 0.5) is 0 Å². The van der Waals surface area contributed by atoms with E-state index in [9.17, 15) is 9.59 Å². The molecule has 2 rings (SSSR count). The van der Waals surface area contributed by atoms with Gasteiger partial charge in [0.2, 0.25) is 5.91 Å². The molecule has 0 atom stereocenters. The lowest BCUT2D eigenvalue weighted by molar-refractivity contribution is -0.121. The highest BCUT2D eigenvalue weighted by atomic mass is 16.2. The van der Waals surface area contributed by atoms with Crippen LogP contribution in [0.15, 0.2) is 40.2 Å². The molecule has 0 aliphatic carbocycles. The van der Waals surface area contributed by atoms with E-state index < -0.39 is 0 Å². The summed E-state index contributed by atoms with van der Waals surface area (Å²) in [5.74, 6) is -0.109. The van der Waals surface area contributed by atoms with Gasteiger partial charge in [0.15, 0.2) is 0 Å². The molecule has 2 N–H and O–H groups in total. The first-order valence-corrected chi connectivity index (χ1v) is 9.14. The maximum atomic E-state index is 12.0. The summed E-state index contributed by atoms with van der Waals surface area (Å²) < 4.78 is 0. The fourth-order valence-corrected chi connectivity index (χ4v) is 2.73. The highest BCUT2D eigenvalue weighted by Crippen LogP contribution is 2.09. The number of aromatic amines is 1. The number of benzene rings is 1. The number of rotatable bonds is 10. The summed E-state index contributed by atoms with van der Waals surface area (Å²) in [7, 11) is 0. The number of amides is 1. The summed E-state index contributed by atoms with van der Waals surface area (Å²) in [4.78, 5) is 26.5. The second-order valence-corrected chi connectivity index (χ2v) is 6.31. The number of carbonyl (C=O) groups is 1. The minimum absolute atomic E-state index is 0.109. The molecule has 2 aromatic rings. The lowest BCUT2D eigenvalue weighted by Gasteiger charge is -2.01. The molecule has 0 saturated carbocycles. The topological polar surface area (TPSA) is 74.3 Å². The number of hydrogen-bond donors (Lipinski definition) is 2. The van der Waals surface area contributed by atoms with Crippen molar-refractivity contribution in [3.63, 3.8) is 0 Å². The predicted octanol–water partition coefficient (Wildman–Crippen LogP) is 4.12. The Bertz CT molecular complexity index is 765. The van der Waals surface area contributed by atoms with Crippen molar-refractivity contribution >= 4 is 23.0 Å². The minimum Gasteiger partial charge on any atom is -0.321 e. The van der Waals surface area contributed by atoms with E-state index in [0.29, 0.717) is 12.0 Å². The number of H-pyrrole nitrogens is 1. The van der Waals surface area contributed by atoms with E-state index in [-0.39, 0.29) is 11.5 Å². The molecule has 0 bridgehead atoms. The Labute approximate surface area is 148 Å². The first-order chi connectivity index (χ1) is 12.2. The molecule has 0 aliphatic heterocycles. The van der Waals surface area contributed by atoms with E-state index in [4.69, 9.17) is 0 Å². The number of aromatic nitrogens is 1. The summed E-state index contributed by atoms with van der Waals surface area (Å²) >= 11 is 0. The SMILES string of the molecule is CCCCCCCCCC(=O)N/N=C/c1cc2ccccc2[nH]c1=O. The van der Waals surface area contributed by atoms with Gasteiger partial charge in [-0.3, -0.25) is 9.59 Å². The molecule has 0 saturated heterocycles. The van der Waals surface area contributed by atoms with Crippen LogP contribution in [0.3, 0.4) is 0 Å². The van der Waals surface area contributed by atoms with Gasteiger partial charge in [-0.05, 0) is 23.9 Å². The van der Waals surface area contributed by atoms with Crippen molar-refractivity contribution in [2.75, 3.05) is 0 Å². The zero-order valence-electron chi connectivity index (χ0n) is 14.9. The average Bonchev–Trinajstić information content (AvgIpc) is 2.61. The number of carbonyl (C=O) groups excluding carboxylic acids is 1. The normalized spacial score (nSPS) is 11.2. The number of unbranched alkanes of at least 4 members (excludes halogenated alkanes) is 6. The van der Waals surface area contributed by atoms with Crippen LogP contribution in [0, 0.1) is 0 Å². The van der Waals surface area contributed by atoms with Gasteiger partial charge in [-0.25, -0.2) is 5.43 Å². The average molecular weight is 341 g/mol. The van der Waals surface area contributed by atoms with E-state index in [1.807, 2.05) is 24.3 Å². The van der Waals surface area contributed by atoms with Crippen molar-refractivity contribution in [3.05, 3.63) is 46.2 Å². The maximum Gasteiger partial charge on any atom is 0.257 e. The molecule has 25 heavy (non-hydrogen) atoms. The van der Waals surface area contributed by atoms with Gasteiger partial charge in [0.1, 0.15) is 0 Å². The van der Waals surface area contributed by atoms with E-state index in [2.05, 4.69) is 22.4 Å². The predicted molar refractivity (Wildman–Crippen MR) is 103 cm³/mol. The van der Waals surface area contributed by atoms with E-state index in [1.54, 1.807) is 6.07 Å². The largest absolute Gasteiger partial charge is 0.321 e. The smallest absolute Gasteiger partial charge is 0.257 e. The lowest BCUT2D eigenvalue weighted by atomic mass is 10.1. The third kappa shape index (κ3) is 6.53. The lowest BCUT2D eigenvalue weighted by Crippen LogP contribution is -2.18. The molecule has 0 spiro atoms. The van der Waals surface area contributed by atoms with Gasteiger partial charge >= 0.3 is 0 Å². The Balaban J connectivity index is 1.74. The first kappa shape index (κ1) is 18.9. The number of hydrogen-bond acceptors (Lipinski definition) is 3. The zero-order chi connectivity index (χ0) is 17.9. The highest BCUT2D eigenvalue weighted by Gasteiger charge is 2.02. The van der Waals surface area contributed by atoms with Crippen LogP contribution < -0.4 is 11.0 Å². The van der Waals surface area contributed by atoms with E-state index in [1.165, 1.54) is 38.3 Å². The molecular weight excluding hydrogens is 314 g/mol. The summed E-state index contributed by atoms with van der Waals surface area (Å²) in [6, 6.07) is 9.31. The van der Waals surface area contributed by atoms with Gasteiger partial charge in [0.25, 0.3) is 5.56 Å². The highest BCUT2D eigenvalue weighted by molar-refractivity contribution is 5.88. The molecule has 0 fully saturated rings. The van der Waals surface area contributed by atoms with Crippen molar-refractivity contribution < 1.29 is 4.79 Å². The van der Waals surface area contributed by atoms with Crippen molar-refractivity contribution in [2.24, 2.45) is 5.10 Å². The Hall–Kier alpha value is -2.43. The maximum absolute atomic E-state index is 12.0. The van der Waals surface area contributed by atoms with Crippen LogP contribution in [-0.4, -0.2) is 17.1 Å². The van der Waals surface area contributed by atoms with Crippen molar-refractivity contribution in [1.82, 2.24) is 10.4 Å². The van der Waals surface area contributed by atoms with Crippen molar-refractivity contribution in [1.29, 1.82) is 0 Å². The van der Waals surface area contributed by atoms with Crippen LogP contribution in [0.1, 0.15) is 63.9 Å². The van der Waals surface area contributed by atoms with Crippen LogP contribution in [0.2, 0.25) is 0 Å². The monoisotopic (exact) mass is 341 g/mol. The molecule has 5 heteroatoms. The second kappa shape index (κ2) is 10.4. The Morgan fingerprint density at radius 3 is 2.64 bits per heavy atom. The number of para-hydroxylation sites is 1. The second-order valence-electron chi connectivity index (χ2n) is 6.31. The third-order valence-electron chi connectivity index (χ3n) is 4.18. The zero-order valence-corrected chi connectivity index (χ0v) is 14.9. The fourth-order valence-electron chi connectivity index (χ4n) is 2.73. The van der Waals surface area contributed by atoms with Gasteiger partial charge < -0.3 is 4.98 Å². The molecule has 0 aliphatic rings. The molecule has 1 aromatic carbocycles. The minimum atomic E-state index is -0.219. The number of nitrogens with one attached hydrogen (secondary N) is 2. The molecule has 134 valence electrons. The fraction of sp³-hybridized carbons (Fsp3) is 0.450. The number of nitrogens with zero attached hydrogens (tertiary/aromatic N) is 1. The molecule has 1 amide bonds. The molecule has 1 heterocycles. The summed E-state index contributed by atoms with van der Waals surface area (Å²) in [5.41, 5.74) is 3.49. The van der Waals surface area contributed by atoms with Crippen molar-refractivity contribution in [3.8, 4) is 0 Å². The number of fused-ring (bicyclic) bond motifs is 1. The van der Waals surface area contributed by atoms with Gasteiger partial charge in [0, 0.05) is 11.9 Å². The third-order valence-corrected chi connectivity index (χ3v) is 4.18. The van der Waals surface area contributed by atoms with Crippen LogP contribution in [0.5, 0.6) is 0 Å². The quantitative estimate of drug-likeness (QED) is 0.387. The van der Waals surface area contributed by atoms with Gasteiger partial charge in [-0.1, -0.05) is 63.6 Å². The molecule has 0 radical (unpaired) electrons. The van der Waals surface area contributed by atoms with Gasteiger partial charge in [-0.15, -0.1) is 0 Å². The summed E-state index contributed by atoms with van der Waals surface area (Å²) in [5, 5.41) is 4.83. The Morgan fingerprint density at radius 1 is 1.12 bits per heavy atom. The summed E-state index contributed by atoms with van der Waals surface area (Å²) in [6.45, 7) is 2.20. The number of hydrazone groups is 1. The molecule has 0 unspecified atom stereocenters. The Kier molecular flexibility index (Phi) is 7.89. The van der Waals surface area contributed by atoms with Crippen molar-refractivity contribution in [2.45, 2.75) is 58.3 Å². The van der Waals surface area contributed by atoms with Crippen LogP contribution in [-0.2, 0) is 4.79 Å². The first-order valence-electron chi connectivity index (χ1n) is 9.14. The summed E-state index contributed by atoms with van der Waals surface area (Å²) in [6.07, 6.45) is 10.1. The Morgan fingerprint density at radius 2 is 1.84 bits per heavy atom. The number of pyridine rings is 1. The van der Waals surface area contributed by atoms with E-state index >= 15 is 0 Å². The molecule has 1 aromatic heterocycles. The van der Waals surface area contributed by atoms with Gasteiger partial charge in [-0.2, -0.15) is 5.10 Å². The van der Waals surface area contributed by atoms with Crippen LogP contribution >= 0.6 is 0 Å². The standard InChI is InChI=1S/C20H27N3O2/c1-2-3-4-5-6-7-8-13-19(24)23-21-15-17-14-16-11-9-10-12-18(16)22-20(17)25/h9-12,14-15H,2-8,13H2,1H3,(H,22,25)(H,23,24)/b21-15+. The van der Waals surface area contributed by atoms with Gasteiger partial charge in [0.05, 0.1) is 11.8 Å². The molecular formula is C20H27N3O2. The van der Waals surface area contributed by atoms with E-state index in [0.717, 1.165) is 23.7 Å².